The lowest BCUT2D eigenvalue weighted by atomic mass is 10.1. The number of hydrogen-bond donors (Lipinski definition) is 1. The van der Waals surface area contributed by atoms with E-state index in [4.69, 9.17) is 4.74 Å². The van der Waals surface area contributed by atoms with E-state index < -0.39 is 0 Å². The summed E-state index contributed by atoms with van der Waals surface area (Å²) in [5.41, 5.74) is 3.49. The molecule has 0 fully saturated rings. The highest BCUT2D eigenvalue weighted by Crippen LogP contribution is 2.24. The molecule has 1 aromatic heterocycles. The predicted octanol–water partition coefficient (Wildman–Crippen LogP) is 4.34. The fraction of sp³-hybridized carbons (Fsp3) is 0.526. The number of unbranched alkanes of at least 4 members (excludes halogenated alkanes) is 1. The number of benzene rings is 1. The predicted molar refractivity (Wildman–Crippen MR) is 95.6 cm³/mol. The first-order chi connectivity index (χ1) is 11.1. The Morgan fingerprint density at radius 1 is 1.22 bits per heavy atom. The van der Waals surface area contributed by atoms with Crippen molar-refractivity contribution >= 4 is 0 Å². The topological polar surface area (TPSA) is 41.2 Å². The molecule has 4 nitrogen and oxygen atoms in total. The number of rotatable bonds is 9. The third-order valence-corrected chi connectivity index (χ3v) is 3.78. The molecular formula is C19H29N3O. The molecule has 0 saturated heterocycles. The van der Waals surface area contributed by atoms with Gasteiger partial charge in [0.05, 0.1) is 18.5 Å². The van der Waals surface area contributed by atoms with Crippen LogP contribution in [0.15, 0.2) is 30.5 Å². The second-order valence-corrected chi connectivity index (χ2v) is 6.59. The van der Waals surface area contributed by atoms with Crippen LogP contribution in [0.25, 0.3) is 11.3 Å². The first-order valence-corrected chi connectivity index (χ1v) is 8.54. The Kier molecular flexibility index (Phi) is 6.66. The normalized spacial score (nSPS) is 11.4. The Hall–Kier alpha value is -1.81. The zero-order chi connectivity index (χ0) is 16.7. The first-order valence-electron chi connectivity index (χ1n) is 8.54. The van der Waals surface area contributed by atoms with Gasteiger partial charge in [-0.3, -0.25) is 5.10 Å². The average molecular weight is 315 g/mol. The van der Waals surface area contributed by atoms with Crippen molar-refractivity contribution in [2.24, 2.45) is 5.92 Å². The Morgan fingerprint density at radius 2 is 1.96 bits per heavy atom. The fourth-order valence-corrected chi connectivity index (χ4v) is 2.46. The van der Waals surface area contributed by atoms with Crippen LogP contribution >= 0.6 is 0 Å². The summed E-state index contributed by atoms with van der Waals surface area (Å²) in [6.45, 7) is 9.30. The molecule has 2 rings (SSSR count). The van der Waals surface area contributed by atoms with E-state index in [2.05, 4.69) is 55.0 Å². The lowest BCUT2D eigenvalue weighted by molar-refractivity contribution is 0.271. The van der Waals surface area contributed by atoms with Crippen molar-refractivity contribution in [1.29, 1.82) is 0 Å². The van der Waals surface area contributed by atoms with Crippen molar-refractivity contribution in [3.63, 3.8) is 0 Å². The van der Waals surface area contributed by atoms with E-state index in [9.17, 15) is 0 Å². The van der Waals surface area contributed by atoms with Crippen LogP contribution in [-0.2, 0) is 6.54 Å². The van der Waals surface area contributed by atoms with Crippen LogP contribution in [0, 0.1) is 5.92 Å². The summed E-state index contributed by atoms with van der Waals surface area (Å²) in [5.74, 6) is 1.45. The van der Waals surface area contributed by atoms with Gasteiger partial charge in [-0.15, -0.1) is 0 Å². The highest BCUT2D eigenvalue weighted by molar-refractivity contribution is 5.63. The standard InChI is InChI=1S/C19H29N3O/c1-5-6-11-22(4)13-17-12-20-21-19(17)16-7-9-18(10-8-16)23-14-15(2)3/h7-10,12,15H,5-6,11,13-14H2,1-4H3,(H,20,21). The molecule has 0 radical (unpaired) electrons. The van der Waals surface area contributed by atoms with Gasteiger partial charge in [0.25, 0.3) is 0 Å². The van der Waals surface area contributed by atoms with Gasteiger partial charge in [-0.05, 0) is 50.2 Å². The maximum atomic E-state index is 5.74. The summed E-state index contributed by atoms with van der Waals surface area (Å²) in [6, 6.07) is 8.25. The molecule has 2 aromatic rings. The average Bonchev–Trinajstić information content (AvgIpc) is 2.99. The van der Waals surface area contributed by atoms with E-state index in [1.165, 1.54) is 18.4 Å². The molecule has 0 unspecified atom stereocenters. The minimum atomic E-state index is 0.535. The van der Waals surface area contributed by atoms with Crippen LogP contribution in [0.4, 0.5) is 0 Å². The van der Waals surface area contributed by atoms with Gasteiger partial charge >= 0.3 is 0 Å². The number of hydrogen-bond acceptors (Lipinski definition) is 3. The van der Waals surface area contributed by atoms with Gasteiger partial charge in [0.2, 0.25) is 0 Å². The summed E-state index contributed by atoms with van der Waals surface area (Å²) in [6.07, 6.45) is 4.38. The zero-order valence-corrected chi connectivity index (χ0v) is 14.8. The number of ether oxygens (including phenoxy) is 1. The van der Waals surface area contributed by atoms with Gasteiger partial charge in [0, 0.05) is 17.7 Å². The SMILES string of the molecule is CCCCN(C)Cc1cn[nH]c1-c1ccc(OCC(C)C)cc1. The largest absolute Gasteiger partial charge is 0.493 e. The van der Waals surface area contributed by atoms with E-state index in [0.29, 0.717) is 5.92 Å². The van der Waals surface area contributed by atoms with Crippen LogP contribution in [0.2, 0.25) is 0 Å². The van der Waals surface area contributed by atoms with E-state index >= 15 is 0 Å². The number of nitrogens with one attached hydrogen (secondary N) is 1. The molecule has 0 aliphatic carbocycles. The minimum absolute atomic E-state index is 0.535. The summed E-state index contributed by atoms with van der Waals surface area (Å²) in [5, 5.41) is 7.37. The molecule has 4 heteroatoms. The molecule has 0 saturated carbocycles. The molecule has 126 valence electrons. The van der Waals surface area contributed by atoms with Crippen LogP contribution in [0.3, 0.4) is 0 Å². The van der Waals surface area contributed by atoms with E-state index in [0.717, 1.165) is 36.7 Å². The molecule has 1 heterocycles. The summed E-state index contributed by atoms with van der Waals surface area (Å²) in [7, 11) is 2.16. The maximum absolute atomic E-state index is 5.74. The van der Waals surface area contributed by atoms with Crippen LogP contribution in [0.5, 0.6) is 5.75 Å². The zero-order valence-electron chi connectivity index (χ0n) is 14.8. The van der Waals surface area contributed by atoms with Gasteiger partial charge in [0.15, 0.2) is 0 Å². The monoisotopic (exact) mass is 315 g/mol. The number of H-pyrrole nitrogens is 1. The van der Waals surface area contributed by atoms with Crippen LogP contribution < -0.4 is 4.74 Å². The molecule has 0 amide bonds. The maximum Gasteiger partial charge on any atom is 0.119 e. The van der Waals surface area contributed by atoms with Gasteiger partial charge in [-0.25, -0.2) is 0 Å². The lowest BCUT2D eigenvalue weighted by Gasteiger charge is -2.16. The van der Waals surface area contributed by atoms with Gasteiger partial charge in [-0.1, -0.05) is 27.2 Å². The molecule has 0 aliphatic heterocycles. The van der Waals surface area contributed by atoms with Crippen LogP contribution in [0.1, 0.15) is 39.2 Å². The van der Waals surface area contributed by atoms with Crippen molar-refractivity contribution in [3.05, 3.63) is 36.0 Å². The highest BCUT2D eigenvalue weighted by atomic mass is 16.5. The third kappa shape index (κ3) is 5.39. The first kappa shape index (κ1) is 17.5. The number of aromatic amines is 1. The molecule has 23 heavy (non-hydrogen) atoms. The van der Waals surface area contributed by atoms with Crippen LogP contribution in [-0.4, -0.2) is 35.3 Å². The second-order valence-electron chi connectivity index (χ2n) is 6.59. The Balaban J connectivity index is 2.03. The number of aromatic nitrogens is 2. The summed E-state index contributed by atoms with van der Waals surface area (Å²) >= 11 is 0. The molecule has 0 aliphatic rings. The smallest absolute Gasteiger partial charge is 0.119 e. The van der Waals surface area contributed by atoms with Crippen molar-refractivity contribution in [1.82, 2.24) is 15.1 Å². The summed E-state index contributed by atoms with van der Waals surface area (Å²) in [4.78, 5) is 2.35. The van der Waals surface area contributed by atoms with Gasteiger partial charge < -0.3 is 9.64 Å². The van der Waals surface area contributed by atoms with Crippen molar-refractivity contribution in [3.8, 4) is 17.0 Å². The molecule has 0 spiro atoms. The highest BCUT2D eigenvalue weighted by Gasteiger charge is 2.10. The minimum Gasteiger partial charge on any atom is -0.493 e. The van der Waals surface area contributed by atoms with Gasteiger partial charge in [0.1, 0.15) is 5.75 Å². The Bertz CT molecular complexity index is 575. The third-order valence-electron chi connectivity index (χ3n) is 3.78. The van der Waals surface area contributed by atoms with Crippen molar-refractivity contribution in [2.75, 3.05) is 20.2 Å². The molecule has 0 atom stereocenters. The fourth-order valence-electron chi connectivity index (χ4n) is 2.46. The summed E-state index contributed by atoms with van der Waals surface area (Å²) < 4.78 is 5.74. The second kappa shape index (κ2) is 8.73. The molecule has 0 bridgehead atoms. The molecular weight excluding hydrogens is 286 g/mol. The quantitative estimate of drug-likeness (QED) is 0.748. The Morgan fingerprint density at radius 3 is 2.61 bits per heavy atom. The van der Waals surface area contributed by atoms with E-state index in [1.54, 1.807) is 0 Å². The van der Waals surface area contributed by atoms with E-state index in [-0.39, 0.29) is 0 Å². The van der Waals surface area contributed by atoms with E-state index in [1.807, 2.05) is 18.3 Å². The number of nitrogens with zero attached hydrogens (tertiary/aromatic N) is 2. The van der Waals surface area contributed by atoms with Crippen molar-refractivity contribution in [2.45, 2.75) is 40.2 Å². The Labute approximate surface area is 139 Å². The van der Waals surface area contributed by atoms with Gasteiger partial charge in [-0.2, -0.15) is 5.10 Å². The lowest BCUT2D eigenvalue weighted by Crippen LogP contribution is -2.19. The molecule has 1 aromatic carbocycles. The molecule has 1 N–H and O–H groups in total. The van der Waals surface area contributed by atoms with Crippen molar-refractivity contribution < 1.29 is 4.74 Å².